The molecule has 0 atom stereocenters. The topological polar surface area (TPSA) is 70.1 Å². The van der Waals surface area contributed by atoms with E-state index in [1.807, 2.05) is 23.6 Å². The lowest BCUT2D eigenvalue weighted by Crippen LogP contribution is -2.08. The van der Waals surface area contributed by atoms with Crippen LogP contribution in [-0.4, -0.2) is 28.5 Å². The van der Waals surface area contributed by atoms with E-state index in [2.05, 4.69) is 4.98 Å². The number of ketones is 1. The summed E-state index contributed by atoms with van der Waals surface area (Å²) in [5.41, 5.74) is 6.43. The molecule has 5 heteroatoms. The van der Waals surface area contributed by atoms with E-state index in [-0.39, 0.29) is 5.78 Å². The summed E-state index contributed by atoms with van der Waals surface area (Å²) in [5, 5.41) is 0. The van der Waals surface area contributed by atoms with Gasteiger partial charge < -0.3 is 15.0 Å². The van der Waals surface area contributed by atoms with Gasteiger partial charge >= 0.3 is 0 Å². The van der Waals surface area contributed by atoms with Gasteiger partial charge in [-0.05, 0) is 18.6 Å². The zero-order chi connectivity index (χ0) is 14.4. The number of hydrogen-bond acceptors (Lipinski definition) is 4. The van der Waals surface area contributed by atoms with Gasteiger partial charge in [0.1, 0.15) is 11.4 Å². The fourth-order valence-electron chi connectivity index (χ4n) is 1.88. The summed E-state index contributed by atoms with van der Waals surface area (Å²) in [4.78, 5) is 16.6. The molecule has 0 saturated carbocycles. The summed E-state index contributed by atoms with van der Waals surface area (Å²) in [7, 11) is 0. The molecule has 0 aliphatic rings. The van der Waals surface area contributed by atoms with Gasteiger partial charge in [0.05, 0.1) is 18.5 Å². The summed E-state index contributed by atoms with van der Waals surface area (Å²) in [6, 6.07) is 7.24. The summed E-state index contributed by atoms with van der Waals surface area (Å²) >= 11 is 0. The third-order valence-electron chi connectivity index (χ3n) is 2.85. The predicted molar refractivity (Wildman–Crippen MR) is 76.9 cm³/mol. The molecule has 0 aliphatic heterocycles. The molecule has 2 aromatic rings. The van der Waals surface area contributed by atoms with E-state index in [4.69, 9.17) is 10.5 Å². The Balaban J connectivity index is 2.23. The number of carbonyl (C=O) groups excluding carboxylic acids is 1. The maximum atomic E-state index is 12.5. The molecular formula is C15H19N3O2. The first-order chi connectivity index (χ1) is 9.76. The van der Waals surface area contributed by atoms with Crippen molar-refractivity contribution in [3.8, 4) is 5.75 Å². The number of carbonyl (C=O) groups is 1. The average molecular weight is 273 g/mol. The van der Waals surface area contributed by atoms with Crippen molar-refractivity contribution in [3.63, 3.8) is 0 Å². The van der Waals surface area contributed by atoms with Crippen LogP contribution < -0.4 is 10.5 Å². The smallest absolute Gasteiger partial charge is 0.216 e. The Bertz CT molecular complexity index is 578. The lowest BCUT2D eigenvalue weighted by molar-refractivity contribution is 0.103. The first kappa shape index (κ1) is 14.3. The highest BCUT2D eigenvalue weighted by atomic mass is 16.5. The van der Waals surface area contributed by atoms with Crippen LogP contribution in [0.2, 0.25) is 0 Å². The quantitative estimate of drug-likeness (QED) is 0.782. The molecule has 2 rings (SSSR count). The van der Waals surface area contributed by atoms with Gasteiger partial charge in [0.2, 0.25) is 5.78 Å². The zero-order valence-electron chi connectivity index (χ0n) is 11.6. The monoisotopic (exact) mass is 273 g/mol. The second kappa shape index (κ2) is 6.86. The van der Waals surface area contributed by atoms with Crippen molar-refractivity contribution in [2.24, 2.45) is 5.73 Å². The Kier molecular flexibility index (Phi) is 4.90. The number of para-hydroxylation sites is 1. The Labute approximate surface area is 118 Å². The van der Waals surface area contributed by atoms with Crippen LogP contribution in [0.25, 0.3) is 0 Å². The van der Waals surface area contributed by atoms with Crippen molar-refractivity contribution in [2.75, 3.05) is 13.2 Å². The lowest BCUT2D eigenvalue weighted by atomic mass is 10.1. The van der Waals surface area contributed by atoms with E-state index in [9.17, 15) is 4.79 Å². The highest BCUT2D eigenvalue weighted by molar-refractivity contribution is 6.09. The maximum Gasteiger partial charge on any atom is 0.216 e. The number of aromatic nitrogens is 2. The van der Waals surface area contributed by atoms with E-state index in [1.54, 1.807) is 24.7 Å². The molecule has 106 valence electrons. The van der Waals surface area contributed by atoms with Crippen molar-refractivity contribution >= 4 is 5.78 Å². The lowest BCUT2D eigenvalue weighted by Gasteiger charge is -2.08. The van der Waals surface area contributed by atoms with Crippen LogP contribution in [0.5, 0.6) is 5.75 Å². The third kappa shape index (κ3) is 3.24. The van der Waals surface area contributed by atoms with Crippen molar-refractivity contribution < 1.29 is 9.53 Å². The molecule has 0 radical (unpaired) electrons. The van der Waals surface area contributed by atoms with Gasteiger partial charge in [0.25, 0.3) is 0 Å². The summed E-state index contributed by atoms with van der Waals surface area (Å²) < 4.78 is 7.42. The number of rotatable bonds is 7. The first-order valence-electron chi connectivity index (χ1n) is 6.74. The van der Waals surface area contributed by atoms with Crippen LogP contribution in [0, 0.1) is 0 Å². The van der Waals surface area contributed by atoms with Gasteiger partial charge in [-0.1, -0.05) is 19.1 Å². The van der Waals surface area contributed by atoms with Crippen molar-refractivity contribution in [1.29, 1.82) is 0 Å². The minimum atomic E-state index is -0.132. The van der Waals surface area contributed by atoms with E-state index in [0.717, 1.165) is 6.42 Å². The highest BCUT2D eigenvalue weighted by Gasteiger charge is 2.16. The van der Waals surface area contributed by atoms with E-state index < -0.39 is 0 Å². The molecule has 5 nitrogen and oxygen atoms in total. The maximum absolute atomic E-state index is 12.5. The largest absolute Gasteiger partial charge is 0.493 e. The number of hydrogen-bond donors (Lipinski definition) is 1. The van der Waals surface area contributed by atoms with Crippen LogP contribution in [0.15, 0.2) is 36.8 Å². The molecule has 0 spiro atoms. The second-order valence-electron chi connectivity index (χ2n) is 4.46. The Hall–Kier alpha value is -2.14. The normalized spacial score (nSPS) is 10.5. The van der Waals surface area contributed by atoms with E-state index in [1.165, 1.54) is 0 Å². The fourth-order valence-corrected chi connectivity index (χ4v) is 1.88. The number of nitrogens with zero attached hydrogens (tertiary/aromatic N) is 2. The highest BCUT2D eigenvalue weighted by Crippen LogP contribution is 2.21. The molecule has 1 aromatic carbocycles. The SMILES string of the molecule is CCCOc1ccccc1C(=O)c1cn(CCN)cn1. The number of benzene rings is 1. The fraction of sp³-hybridized carbons (Fsp3) is 0.333. The van der Waals surface area contributed by atoms with Gasteiger partial charge in [-0.25, -0.2) is 4.98 Å². The Morgan fingerprint density at radius 2 is 2.20 bits per heavy atom. The minimum absolute atomic E-state index is 0.132. The van der Waals surface area contributed by atoms with Crippen LogP contribution in [-0.2, 0) is 6.54 Å². The van der Waals surface area contributed by atoms with Gasteiger partial charge in [-0.2, -0.15) is 0 Å². The first-order valence-corrected chi connectivity index (χ1v) is 6.74. The number of ether oxygens (including phenoxy) is 1. The van der Waals surface area contributed by atoms with Gasteiger partial charge in [-0.3, -0.25) is 4.79 Å². The summed E-state index contributed by atoms with van der Waals surface area (Å²) in [6.07, 6.45) is 4.23. The molecule has 1 aromatic heterocycles. The van der Waals surface area contributed by atoms with Crippen LogP contribution in [0.3, 0.4) is 0 Å². The van der Waals surface area contributed by atoms with Crippen LogP contribution in [0.4, 0.5) is 0 Å². The minimum Gasteiger partial charge on any atom is -0.493 e. The molecule has 2 N–H and O–H groups in total. The van der Waals surface area contributed by atoms with Gasteiger partial charge in [0, 0.05) is 19.3 Å². The molecular weight excluding hydrogens is 254 g/mol. The molecule has 20 heavy (non-hydrogen) atoms. The third-order valence-corrected chi connectivity index (χ3v) is 2.85. The Morgan fingerprint density at radius 1 is 1.40 bits per heavy atom. The molecule has 0 unspecified atom stereocenters. The molecule has 0 amide bonds. The number of nitrogens with two attached hydrogens (primary N) is 1. The zero-order valence-corrected chi connectivity index (χ0v) is 11.6. The Morgan fingerprint density at radius 3 is 2.95 bits per heavy atom. The molecule has 0 fully saturated rings. The summed E-state index contributed by atoms with van der Waals surface area (Å²) in [5.74, 6) is 0.472. The van der Waals surface area contributed by atoms with Crippen molar-refractivity contribution in [1.82, 2.24) is 9.55 Å². The molecule has 0 aliphatic carbocycles. The number of imidazole rings is 1. The summed E-state index contributed by atoms with van der Waals surface area (Å²) in [6.45, 7) is 3.78. The van der Waals surface area contributed by atoms with E-state index >= 15 is 0 Å². The average Bonchev–Trinajstić information content (AvgIpc) is 2.94. The van der Waals surface area contributed by atoms with Gasteiger partial charge in [0.15, 0.2) is 0 Å². The molecule has 1 heterocycles. The van der Waals surface area contributed by atoms with Crippen molar-refractivity contribution in [3.05, 3.63) is 48.0 Å². The second-order valence-corrected chi connectivity index (χ2v) is 4.46. The van der Waals surface area contributed by atoms with Crippen molar-refractivity contribution in [2.45, 2.75) is 19.9 Å². The van der Waals surface area contributed by atoms with Crippen LogP contribution in [0.1, 0.15) is 29.4 Å². The van der Waals surface area contributed by atoms with E-state index in [0.29, 0.717) is 36.7 Å². The predicted octanol–water partition coefficient (Wildman–Crippen LogP) is 1.86. The van der Waals surface area contributed by atoms with Crippen LogP contribution >= 0.6 is 0 Å². The van der Waals surface area contributed by atoms with Gasteiger partial charge in [-0.15, -0.1) is 0 Å². The molecule has 0 saturated heterocycles. The standard InChI is InChI=1S/C15H19N3O2/c1-2-9-20-14-6-4-3-5-12(14)15(19)13-10-18(8-7-16)11-17-13/h3-6,10-11H,2,7-9,16H2,1H3. The molecule has 0 bridgehead atoms.